The molecule has 0 bridgehead atoms. The number of β-amino-alcohol motifs (C(OH)–C–C–N with tert-alkyl or cyclic N) is 1. The molecule has 2 N–H and O–H groups in total. The van der Waals surface area contributed by atoms with Crippen molar-refractivity contribution in [3.8, 4) is 0 Å². The Kier molecular flexibility index (Phi) is 4.94. The SMILES string of the molecule is Cc1cc2nc(NC(C)c3cncc(F)c3)nc(C(=O)N3CC[C@@H](O)C3)c2s1. The number of hydrogen-bond acceptors (Lipinski definition) is 7. The molecule has 1 fully saturated rings. The number of anilines is 1. The maximum absolute atomic E-state index is 13.5. The molecule has 9 heteroatoms. The number of aliphatic hydroxyl groups excluding tert-OH is 1. The largest absolute Gasteiger partial charge is 0.391 e. The lowest BCUT2D eigenvalue weighted by atomic mass is 10.1. The summed E-state index contributed by atoms with van der Waals surface area (Å²) >= 11 is 1.47. The maximum atomic E-state index is 13.5. The number of carbonyl (C=O) groups excluding carboxylic acids is 1. The Morgan fingerprint density at radius 1 is 1.39 bits per heavy atom. The molecule has 4 rings (SSSR count). The monoisotopic (exact) mass is 401 g/mol. The van der Waals surface area contributed by atoms with Gasteiger partial charge in [0.25, 0.3) is 5.91 Å². The number of pyridine rings is 1. The number of halogens is 1. The van der Waals surface area contributed by atoms with Gasteiger partial charge in [-0.05, 0) is 38.0 Å². The van der Waals surface area contributed by atoms with E-state index in [9.17, 15) is 14.3 Å². The smallest absolute Gasteiger partial charge is 0.274 e. The van der Waals surface area contributed by atoms with Crippen LogP contribution in [-0.2, 0) is 0 Å². The van der Waals surface area contributed by atoms with Gasteiger partial charge in [0.2, 0.25) is 5.95 Å². The number of rotatable bonds is 4. The quantitative estimate of drug-likeness (QED) is 0.699. The molecule has 0 saturated carbocycles. The fourth-order valence-corrected chi connectivity index (χ4v) is 4.21. The van der Waals surface area contributed by atoms with E-state index in [1.807, 2.05) is 19.9 Å². The Bertz CT molecular complexity index is 1040. The summed E-state index contributed by atoms with van der Waals surface area (Å²) in [6.45, 7) is 4.61. The summed E-state index contributed by atoms with van der Waals surface area (Å²) in [5.74, 6) is -0.335. The first-order valence-electron chi connectivity index (χ1n) is 9.03. The van der Waals surface area contributed by atoms with Gasteiger partial charge in [0, 0.05) is 24.2 Å². The summed E-state index contributed by atoms with van der Waals surface area (Å²) in [6.07, 6.45) is 2.79. The van der Waals surface area contributed by atoms with E-state index in [4.69, 9.17) is 0 Å². The Labute approximate surface area is 165 Å². The van der Waals surface area contributed by atoms with Crippen LogP contribution < -0.4 is 5.32 Å². The van der Waals surface area contributed by atoms with E-state index in [2.05, 4.69) is 20.3 Å². The van der Waals surface area contributed by atoms with Crippen LogP contribution in [0.3, 0.4) is 0 Å². The number of aromatic nitrogens is 3. The van der Waals surface area contributed by atoms with Crippen molar-refractivity contribution in [1.29, 1.82) is 0 Å². The summed E-state index contributed by atoms with van der Waals surface area (Å²) < 4.78 is 14.2. The first-order chi connectivity index (χ1) is 13.4. The topological polar surface area (TPSA) is 91.2 Å². The molecule has 7 nitrogen and oxygen atoms in total. The minimum absolute atomic E-state index is 0.214. The predicted octanol–water partition coefficient (Wildman–Crippen LogP) is 2.91. The first kappa shape index (κ1) is 18.7. The van der Waals surface area contributed by atoms with Gasteiger partial charge in [-0.15, -0.1) is 11.3 Å². The van der Waals surface area contributed by atoms with Crippen LogP contribution >= 0.6 is 11.3 Å². The normalized spacial score (nSPS) is 17.9. The van der Waals surface area contributed by atoms with E-state index in [1.165, 1.54) is 17.4 Å². The second-order valence-electron chi connectivity index (χ2n) is 6.96. The third-order valence-electron chi connectivity index (χ3n) is 4.72. The number of thiophene rings is 1. The van der Waals surface area contributed by atoms with Crippen LogP contribution in [0.25, 0.3) is 10.2 Å². The standard InChI is InChI=1S/C19H20FN5O2S/c1-10-5-15-17(28-10)16(18(27)25-4-3-14(26)9-25)24-19(23-15)22-11(2)12-6-13(20)8-21-7-12/h5-8,11,14,26H,3-4,9H2,1-2H3,(H,22,23,24)/t11?,14-/m1/s1. The molecule has 3 aromatic heterocycles. The van der Waals surface area contributed by atoms with Crippen LogP contribution in [-0.4, -0.2) is 50.1 Å². The van der Waals surface area contributed by atoms with Crippen LogP contribution in [0.4, 0.5) is 10.3 Å². The third kappa shape index (κ3) is 3.67. The second kappa shape index (κ2) is 7.40. The van der Waals surface area contributed by atoms with E-state index in [0.29, 0.717) is 42.2 Å². The minimum Gasteiger partial charge on any atom is -0.391 e. The van der Waals surface area contributed by atoms with Crippen LogP contribution in [0, 0.1) is 12.7 Å². The number of nitrogens with zero attached hydrogens (tertiary/aromatic N) is 4. The van der Waals surface area contributed by atoms with Gasteiger partial charge in [-0.25, -0.2) is 14.4 Å². The molecule has 0 aromatic carbocycles. The average Bonchev–Trinajstić information content (AvgIpc) is 3.25. The number of hydrogen-bond donors (Lipinski definition) is 2. The number of amides is 1. The van der Waals surface area contributed by atoms with Crippen LogP contribution in [0.2, 0.25) is 0 Å². The Morgan fingerprint density at radius 3 is 2.93 bits per heavy atom. The predicted molar refractivity (Wildman–Crippen MR) is 105 cm³/mol. The van der Waals surface area contributed by atoms with Crippen LogP contribution in [0.15, 0.2) is 24.5 Å². The van der Waals surface area contributed by atoms with E-state index in [1.54, 1.807) is 11.1 Å². The summed E-state index contributed by atoms with van der Waals surface area (Å²) in [5, 5.41) is 12.9. The van der Waals surface area contributed by atoms with Gasteiger partial charge < -0.3 is 15.3 Å². The number of aryl methyl sites for hydroxylation is 1. The first-order valence-corrected chi connectivity index (χ1v) is 9.85. The van der Waals surface area contributed by atoms with Crippen molar-refractivity contribution in [3.05, 3.63) is 46.5 Å². The second-order valence-corrected chi connectivity index (χ2v) is 8.22. The molecule has 4 heterocycles. The van der Waals surface area contributed by atoms with Gasteiger partial charge in [-0.3, -0.25) is 9.78 Å². The maximum Gasteiger partial charge on any atom is 0.274 e. The fraction of sp³-hybridized carbons (Fsp3) is 0.368. The van der Waals surface area contributed by atoms with E-state index >= 15 is 0 Å². The molecular formula is C19H20FN5O2S. The highest BCUT2D eigenvalue weighted by Gasteiger charge is 2.28. The highest BCUT2D eigenvalue weighted by Crippen LogP contribution is 2.29. The average molecular weight is 401 g/mol. The molecule has 146 valence electrons. The molecular weight excluding hydrogens is 381 g/mol. The van der Waals surface area contributed by atoms with Crippen molar-refractivity contribution >= 4 is 33.4 Å². The molecule has 2 atom stereocenters. The van der Waals surface area contributed by atoms with Gasteiger partial charge in [-0.1, -0.05) is 0 Å². The zero-order valence-electron chi connectivity index (χ0n) is 15.5. The molecule has 0 aliphatic carbocycles. The molecule has 1 aliphatic heterocycles. The van der Waals surface area contributed by atoms with E-state index < -0.39 is 11.9 Å². The Hall–Kier alpha value is -2.65. The zero-order chi connectivity index (χ0) is 19.8. The highest BCUT2D eigenvalue weighted by atomic mass is 32.1. The van der Waals surface area contributed by atoms with Crippen molar-refractivity contribution < 1.29 is 14.3 Å². The van der Waals surface area contributed by atoms with Gasteiger partial charge in [0.05, 0.1) is 28.6 Å². The Morgan fingerprint density at radius 2 is 2.21 bits per heavy atom. The zero-order valence-corrected chi connectivity index (χ0v) is 16.3. The molecule has 0 spiro atoms. The van der Waals surface area contributed by atoms with Crippen molar-refractivity contribution in [1.82, 2.24) is 19.9 Å². The summed E-state index contributed by atoms with van der Waals surface area (Å²) in [7, 11) is 0. The Balaban J connectivity index is 1.68. The molecule has 28 heavy (non-hydrogen) atoms. The van der Waals surface area contributed by atoms with Crippen molar-refractivity contribution in [2.75, 3.05) is 18.4 Å². The van der Waals surface area contributed by atoms with E-state index in [0.717, 1.165) is 15.8 Å². The summed E-state index contributed by atoms with van der Waals surface area (Å²) in [6, 6.07) is 3.02. The van der Waals surface area contributed by atoms with Crippen molar-refractivity contribution in [2.24, 2.45) is 0 Å². The summed E-state index contributed by atoms with van der Waals surface area (Å²) in [5.41, 5.74) is 1.66. The van der Waals surface area contributed by atoms with Gasteiger partial charge in [0.1, 0.15) is 5.82 Å². The lowest BCUT2D eigenvalue weighted by Gasteiger charge is -2.17. The van der Waals surface area contributed by atoms with Gasteiger partial charge >= 0.3 is 0 Å². The number of nitrogens with one attached hydrogen (secondary N) is 1. The lowest BCUT2D eigenvalue weighted by Crippen LogP contribution is -2.30. The van der Waals surface area contributed by atoms with E-state index in [-0.39, 0.29) is 11.9 Å². The van der Waals surface area contributed by atoms with Crippen LogP contribution in [0.5, 0.6) is 0 Å². The molecule has 1 aliphatic rings. The number of carbonyl (C=O) groups is 1. The number of fused-ring (bicyclic) bond motifs is 1. The minimum atomic E-state index is -0.496. The van der Waals surface area contributed by atoms with Crippen LogP contribution in [0.1, 0.15) is 40.3 Å². The van der Waals surface area contributed by atoms with Gasteiger partial charge in [0.15, 0.2) is 5.69 Å². The van der Waals surface area contributed by atoms with Crippen molar-refractivity contribution in [2.45, 2.75) is 32.4 Å². The molecule has 3 aromatic rings. The molecule has 0 radical (unpaired) electrons. The third-order valence-corrected chi connectivity index (χ3v) is 5.77. The lowest BCUT2D eigenvalue weighted by molar-refractivity contribution is 0.0761. The number of likely N-dealkylation sites (tertiary alicyclic amines) is 1. The molecule has 1 amide bonds. The fourth-order valence-electron chi connectivity index (χ4n) is 3.28. The number of aliphatic hydroxyl groups is 1. The molecule has 1 saturated heterocycles. The van der Waals surface area contributed by atoms with Crippen molar-refractivity contribution in [3.63, 3.8) is 0 Å². The molecule has 1 unspecified atom stereocenters. The summed E-state index contributed by atoms with van der Waals surface area (Å²) in [4.78, 5) is 28.5. The van der Waals surface area contributed by atoms with Gasteiger partial charge in [-0.2, -0.15) is 0 Å². The highest BCUT2D eigenvalue weighted by molar-refractivity contribution is 7.19.